The van der Waals surface area contributed by atoms with E-state index < -0.39 is 5.97 Å². The van der Waals surface area contributed by atoms with Crippen LogP contribution in [-0.2, 0) is 14.3 Å². The highest BCUT2D eigenvalue weighted by Gasteiger charge is 2.14. The summed E-state index contributed by atoms with van der Waals surface area (Å²) in [5.41, 5.74) is 0.968. The average Bonchev–Trinajstić information content (AvgIpc) is 3.11. The summed E-state index contributed by atoms with van der Waals surface area (Å²) in [5, 5.41) is 2.73. The summed E-state index contributed by atoms with van der Waals surface area (Å²) in [6.45, 7) is 5.10. The second-order valence-corrected chi connectivity index (χ2v) is 7.93. The van der Waals surface area contributed by atoms with E-state index in [9.17, 15) is 19.2 Å². The second-order valence-electron chi connectivity index (χ2n) is 6.64. The number of carbonyl (C=O) groups is 4. The van der Waals surface area contributed by atoms with Crippen LogP contribution in [0.2, 0.25) is 0 Å². The van der Waals surface area contributed by atoms with Gasteiger partial charge in [0.05, 0.1) is 11.3 Å². The van der Waals surface area contributed by atoms with Gasteiger partial charge in [-0.05, 0) is 43.3 Å². The summed E-state index contributed by atoms with van der Waals surface area (Å²) in [6, 6.07) is 9.97. The lowest BCUT2D eigenvalue weighted by atomic mass is 10.1. The Bertz CT molecular complexity index is 867. The molecule has 0 unspecified atom stereocenters. The first-order valence-electron chi connectivity index (χ1n) is 8.95. The van der Waals surface area contributed by atoms with Gasteiger partial charge in [0, 0.05) is 28.5 Å². The minimum absolute atomic E-state index is 0.0528. The van der Waals surface area contributed by atoms with Crippen LogP contribution >= 0.6 is 11.3 Å². The normalized spacial score (nSPS) is 10.6. The van der Waals surface area contributed by atoms with Gasteiger partial charge in [0.1, 0.15) is 0 Å². The third kappa shape index (κ3) is 6.42. The molecule has 7 heteroatoms. The summed E-state index contributed by atoms with van der Waals surface area (Å²) >= 11 is 1.39. The molecule has 1 aromatic heterocycles. The molecule has 1 amide bonds. The van der Waals surface area contributed by atoms with Crippen molar-refractivity contribution in [3.63, 3.8) is 0 Å². The Labute approximate surface area is 167 Å². The molecule has 0 aliphatic carbocycles. The SMILES string of the molecule is Cc1ccc(C(=O)CCC(=O)OCC(=O)c2ccc(NC(=O)C(C)C)cc2)s1. The molecule has 0 radical (unpaired) electrons. The molecule has 28 heavy (non-hydrogen) atoms. The van der Waals surface area contributed by atoms with Crippen LogP contribution in [0.4, 0.5) is 5.69 Å². The molecular weight excluding hydrogens is 378 g/mol. The predicted molar refractivity (Wildman–Crippen MR) is 108 cm³/mol. The first-order valence-corrected chi connectivity index (χ1v) is 9.77. The maximum atomic E-state index is 12.1. The van der Waals surface area contributed by atoms with E-state index in [1.165, 1.54) is 11.3 Å². The van der Waals surface area contributed by atoms with Crippen molar-refractivity contribution in [2.75, 3.05) is 11.9 Å². The number of hydrogen-bond donors (Lipinski definition) is 1. The van der Waals surface area contributed by atoms with Crippen LogP contribution in [0.1, 0.15) is 51.6 Å². The van der Waals surface area contributed by atoms with Crippen molar-refractivity contribution in [1.29, 1.82) is 0 Å². The van der Waals surface area contributed by atoms with E-state index in [4.69, 9.17) is 4.74 Å². The van der Waals surface area contributed by atoms with Crippen molar-refractivity contribution in [2.45, 2.75) is 33.6 Å². The van der Waals surface area contributed by atoms with Gasteiger partial charge in [0.15, 0.2) is 18.2 Å². The number of rotatable bonds is 9. The number of aryl methyl sites for hydroxylation is 1. The lowest BCUT2D eigenvalue weighted by Gasteiger charge is -2.08. The van der Waals surface area contributed by atoms with Gasteiger partial charge >= 0.3 is 5.97 Å². The Balaban J connectivity index is 1.77. The molecule has 2 aromatic rings. The molecule has 1 heterocycles. The first-order chi connectivity index (χ1) is 13.3. The maximum Gasteiger partial charge on any atom is 0.306 e. The number of thiophene rings is 1. The van der Waals surface area contributed by atoms with E-state index in [0.29, 0.717) is 16.1 Å². The molecule has 0 atom stereocenters. The number of hydrogen-bond acceptors (Lipinski definition) is 6. The van der Waals surface area contributed by atoms with E-state index in [-0.39, 0.29) is 42.8 Å². The van der Waals surface area contributed by atoms with Crippen LogP contribution in [0.15, 0.2) is 36.4 Å². The fraction of sp³-hybridized carbons (Fsp3) is 0.333. The molecule has 148 valence electrons. The number of ether oxygens (including phenoxy) is 1. The molecular formula is C21H23NO5S. The van der Waals surface area contributed by atoms with E-state index in [0.717, 1.165) is 4.88 Å². The van der Waals surface area contributed by atoms with Crippen LogP contribution < -0.4 is 5.32 Å². The summed E-state index contributed by atoms with van der Waals surface area (Å²) in [4.78, 5) is 49.2. The topological polar surface area (TPSA) is 89.5 Å². The third-order valence-corrected chi connectivity index (χ3v) is 4.98. The van der Waals surface area contributed by atoms with Crippen molar-refractivity contribution in [3.05, 3.63) is 51.7 Å². The zero-order valence-corrected chi connectivity index (χ0v) is 16.9. The number of nitrogens with one attached hydrogen (secondary N) is 1. The van der Waals surface area contributed by atoms with E-state index in [1.807, 2.05) is 13.0 Å². The number of anilines is 1. The third-order valence-electron chi connectivity index (χ3n) is 3.93. The highest BCUT2D eigenvalue weighted by molar-refractivity contribution is 7.14. The molecule has 0 aliphatic heterocycles. The van der Waals surface area contributed by atoms with Gasteiger partial charge in [-0.25, -0.2) is 0 Å². The standard InChI is InChI=1S/C21H23NO5S/c1-13(2)21(26)22-16-7-5-15(6-8-16)18(24)12-27-20(25)11-9-17(23)19-10-4-14(3)28-19/h4-8,10,13H,9,11-12H2,1-3H3,(H,22,26). The first kappa shape index (κ1) is 21.5. The smallest absolute Gasteiger partial charge is 0.306 e. The van der Waals surface area contributed by atoms with Gasteiger partial charge in [-0.3, -0.25) is 19.2 Å². The molecule has 2 rings (SSSR count). The van der Waals surface area contributed by atoms with Crippen molar-refractivity contribution in [2.24, 2.45) is 5.92 Å². The highest BCUT2D eigenvalue weighted by Crippen LogP contribution is 2.17. The molecule has 1 aromatic carbocycles. The Morgan fingerprint density at radius 3 is 2.21 bits per heavy atom. The molecule has 1 N–H and O–H groups in total. The molecule has 0 bridgehead atoms. The Hall–Kier alpha value is -2.80. The summed E-state index contributed by atoms with van der Waals surface area (Å²) in [7, 11) is 0. The lowest BCUT2D eigenvalue weighted by molar-refractivity contribution is -0.142. The number of carbonyl (C=O) groups excluding carboxylic acids is 4. The highest BCUT2D eigenvalue weighted by atomic mass is 32.1. The number of Topliss-reactive ketones (excluding diaryl/α,β-unsaturated/α-hetero) is 2. The van der Waals surface area contributed by atoms with Crippen LogP contribution in [0, 0.1) is 12.8 Å². The fourth-order valence-electron chi connectivity index (χ4n) is 2.25. The van der Waals surface area contributed by atoms with Crippen LogP contribution in [0.5, 0.6) is 0 Å². The Morgan fingerprint density at radius 1 is 0.964 bits per heavy atom. The summed E-state index contributed by atoms with van der Waals surface area (Å²) in [6.07, 6.45) is -0.0134. The second kappa shape index (κ2) is 9.94. The van der Waals surface area contributed by atoms with Crippen LogP contribution in [0.25, 0.3) is 0 Å². The molecule has 0 aliphatic rings. The maximum absolute atomic E-state index is 12.1. The van der Waals surface area contributed by atoms with Gasteiger partial charge in [0.25, 0.3) is 0 Å². The van der Waals surface area contributed by atoms with Crippen LogP contribution in [-0.4, -0.2) is 30.0 Å². The minimum Gasteiger partial charge on any atom is -0.457 e. The van der Waals surface area contributed by atoms with Crippen molar-refractivity contribution >= 4 is 40.5 Å². The summed E-state index contributed by atoms with van der Waals surface area (Å²) in [5.74, 6) is -1.30. The Morgan fingerprint density at radius 2 is 1.64 bits per heavy atom. The van der Waals surface area contributed by atoms with Gasteiger partial charge < -0.3 is 10.1 Å². The molecule has 0 fully saturated rings. The lowest BCUT2D eigenvalue weighted by Crippen LogP contribution is -2.18. The molecule has 0 saturated heterocycles. The largest absolute Gasteiger partial charge is 0.457 e. The number of ketones is 2. The average molecular weight is 401 g/mol. The van der Waals surface area contributed by atoms with Gasteiger partial charge in [-0.2, -0.15) is 0 Å². The van der Waals surface area contributed by atoms with E-state index in [2.05, 4.69) is 5.32 Å². The predicted octanol–water partition coefficient (Wildman–Crippen LogP) is 4.04. The fourth-order valence-corrected chi connectivity index (χ4v) is 3.09. The minimum atomic E-state index is -0.587. The zero-order chi connectivity index (χ0) is 20.7. The summed E-state index contributed by atoms with van der Waals surface area (Å²) < 4.78 is 4.97. The molecule has 6 nitrogen and oxygen atoms in total. The number of esters is 1. The van der Waals surface area contributed by atoms with Crippen LogP contribution in [0.3, 0.4) is 0 Å². The molecule has 0 saturated carbocycles. The van der Waals surface area contributed by atoms with Crippen molar-refractivity contribution in [1.82, 2.24) is 0 Å². The molecule has 0 spiro atoms. The van der Waals surface area contributed by atoms with E-state index >= 15 is 0 Å². The quantitative estimate of drug-likeness (QED) is 0.506. The number of benzene rings is 1. The monoisotopic (exact) mass is 401 g/mol. The van der Waals surface area contributed by atoms with Crippen molar-refractivity contribution < 1.29 is 23.9 Å². The Kier molecular flexibility index (Phi) is 7.63. The van der Waals surface area contributed by atoms with Crippen molar-refractivity contribution in [3.8, 4) is 0 Å². The zero-order valence-electron chi connectivity index (χ0n) is 16.1. The van der Waals surface area contributed by atoms with Gasteiger partial charge in [0.2, 0.25) is 5.91 Å². The van der Waals surface area contributed by atoms with Gasteiger partial charge in [-0.15, -0.1) is 11.3 Å². The van der Waals surface area contributed by atoms with E-state index in [1.54, 1.807) is 44.2 Å². The van der Waals surface area contributed by atoms with Gasteiger partial charge in [-0.1, -0.05) is 13.8 Å². The number of amides is 1.